The van der Waals surface area contributed by atoms with Crippen LogP contribution in [0.25, 0.3) is 0 Å². The Morgan fingerprint density at radius 2 is 1.93 bits per heavy atom. The van der Waals surface area contributed by atoms with Crippen LogP contribution in [-0.4, -0.2) is 22.4 Å². The molecule has 4 aliphatic rings. The van der Waals surface area contributed by atoms with E-state index in [1.165, 1.54) is 31.3 Å². The van der Waals surface area contributed by atoms with Crippen molar-refractivity contribution in [2.75, 3.05) is 0 Å². The molecule has 0 unspecified atom stereocenters. The predicted molar refractivity (Wildman–Crippen MR) is 120 cm³/mol. The molecule has 164 valence electrons. The smallest absolute Gasteiger partial charge is 0.0579 e. The van der Waals surface area contributed by atoms with E-state index in [0.717, 1.165) is 43.9 Å². The van der Waals surface area contributed by atoms with Crippen LogP contribution in [0.2, 0.25) is 0 Å². The summed E-state index contributed by atoms with van der Waals surface area (Å²) in [5, 5.41) is 21.4. The lowest BCUT2D eigenvalue weighted by molar-refractivity contribution is -0.0617. The molecule has 0 saturated heterocycles. The fourth-order valence-electron chi connectivity index (χ4n) is 8.54. The number of rotatable bonds is 4. The first kappa shape index (κ1) is 21.6. The summed E-state index contributed by atoms with van der Waals surface area (Å²) in [7, 11) is 0. The van der Waals surface area contributed by atoms with Crippen molar-refractivity contribution < 1.29 is 10.2 Å². The molecule has 0 aliphatic heterocycles. The number of aliphatic hydroxyl groups excluding tert-OH is 2. The van der Waals surface area contributed by atoms with E-state index in [0.29, 0.717) is 28.6 Å². The molecule has 0 heterocycles. The van der Waals surface area contributed by atoms with Gasteiger partial charge >= 0.3 is 0 Å². The molecule has 29 heavy (non-hydrogen) atoms. The van der Waals surface area contributed by atoms with Crippen LogP contribution in [-0.2, 0) is 0 Å². The molecule has 0 radical (unpaired) electrons. The number of hydrogen-bond acceptors (Lipinski definition) is 2. The minimum Gasteiger partial charge on any atom is -0.393 e. The highest BCUT2D eigenvalue weighted by atomic mass is 16.3. The molecule has 3 fully saturated rings. The molecular weight excluding hydrogens is 356 g/mol. The van der Waals surface area contributed by atoms with Crippen LogP contribution in [0.4, 0.5) is 0 Å². The predicted octanol–water partition coefficient (Wildman–Crippen LogP) is 6.28. The summed E-state index contributed by atoms with van der Waals surface area (Å²) in [4.78, 5) is 0. The molecular formula is C27H44O2. The van der Waals surface area contributed by atoms with Gasteiger partial charge in [0, 0.05) is 0 Å². The molecule has 9 atom stereocenters. The highest BCUT2D eigenvalue weighted by molar-refractivity contribution is 5.25. The van der Waals surface area contributed by atoms with Gasteiger partial charge in [0.2, 0.25) is 0 Å². The van der Waals surface area contributed by atoms with Crippen LogP contribution in [0, 0.1) is 40.4 Å². The van der Waals surface area contributed by atoms with Crippen LogP contribution in [0.5, 0.6) is 0 Å². The summed E-state index contributed by atoms with van der Waals surface area (Å²) < 4.78 is 0. The normalized spacial score (nSPS) is 47.5. The zero-order valence-electron chi connectivity index (χ0n) is 19.5. The molecule has 2 nitrogen and oxygen atoms in total. The maximum absolute atomic E-state index is 11.2. The minimum absolute atomic E-state index is 0.126. The maximum Gasteiger partial charge on any atom is 0.0579 e. The van der Waals surface area contributed by atoms with E-state index < -0.39 is 0 Å². The van der Waals surface area contributed by atoms with E-state index in [-0.39, 0.29) is 12.2 Å². The van der Waals surface area contributed by atoms with Gasteiger partial charge in [0.05, 0.1) is 12.2 Å². The molecule has 0 aromatic carbocycles. The first-order chi connectivity index (χ1) is 13.7. The second-order valence-electron chi connectivity index (χ2n) is 11.9. The Kier molecular flexibility index (Phi) is 5.84. The van der Waals surface area contributed by atoms with Gasteiger partial charge in [-0.2, -0.15) is 0 Å². The fraction of sp³-hybridized carbons (Fsp3) is 0.852. The SMILES string of the molecule is CC(C)=CCC[C@@H](C)[C@H]1[C@H](O)C[C@H]2[C@@H]3CC=C4C[C@H](O)CC[C@]4(C)[C@H]3CC[C@]12C. The lowest BCUT2D eigenvalue weighted by Gasteiger charge is -2.58. The Morgan fingerprint density at radius 1 is 1.17 bits per heavy atom. The van der Waals surface area contributed by atoms with Crippen molar-refractivity contribution in [2.45, 2.75) is 105 Å². The van der Waals surface area contributed by atoms with Gasteiger partial charge in [-0.05, 0) is 112 Å². The third-order valence-electron chi connectivity index (χ3n) is 9.97. The Hall–Kier alpha value is -0.600. The van der Waals surface area contributed by atoms with Crippen molar-refractivity contribution in [3.63, 3.8) is 0 Å². The third kappa shape index (κ3) is 3.57. The molecule has 0 bridgehead atoms. The Bertz CT molecular complexity index is 674. The van der Waals surface area contributed by atoms with Gasteiger partial charge in [0.1, 0.15) is 0 Å². The standard InChI is InChI=1S/C27H44O2/c1-17(2)7-6-8-18(3)25-24(29)16-23-21-10-9-19-15-20(28)11-13-26(19,4)22(21)12-14-27(23,25)5/h7,9,18,20-25,28-29H,6,8,10-16H2,1-5H3/t18-,20-,21-,22+,23+,24-,25+,26+,27+/m1/s1. The highest BCUT2D eigenvalue weighted by Gasteiger charge is 2.61. The molecule has 0 aromatic heterocycles. The number of fused-ring (bicyclic) bond motifs is 5. The lowest BCUT2D eigenvalue weighted by atomic mass is 9.47. The van der Waals surface area contributed by atoms with Gasteiger partial charge in [0.15, 0.2) is 0 Å². The van der Waals surface area contributed by atoms with E-state index in [9.17, 15) is 10.2 Å². The van der Waals surface area contributed by atoms with Gasteiger partial charge in [0.25, 0.3) is 0 Å². The van der Waals surface area contributed by atoms with E-state index in [1.807, 2.05) is 0 Å². The van der Waals surface area contributed by atoms with E-state index in [1.54, 1.807) is 5.57 Å². The van der Waals surface area contributed by atoms with Crippen LogP contribution in [0.3, 0.4) is 0 Å². The zero-order valence-corrected chi connectivity index (χ0v) is 19.5. The second-order valence-corrected chi connectivity index (χ2v) is 11.9. The average Bonchev–Trinajstić information content (AvgIpc) is 2.92. The van der Waals surface area contributed by atoms with E-state index in [4.69, 9.17) is 0 Å². The summed E-state index contributed by atoms with van der Waals surface area (Å²) in [6.07, 6.45) is 14.7. The van der Waals surface area contributed by atoms with Gasteiger partial charge in [-0.15, -0.1) is 0 Å². The van der Waals surface area contributed by atoms with Gasteiger partial charge in [-0.1, -0.05) is 44.1 Å². The summed E-state index contributed by atoms with van der Waals surface area (Å²) in [6.45, 7) is 11.8. The number of hydrogen-bond donors (Lipinski definition) is 2. The Labute approximate surface area is 178 Å². The van der Waals surface area contributed by atoms with Crippen molar-refractivity contribution in [3.8, 4) is 0 Å². The monoisotopic (exact) mass is 400 g/mol. The Morgan fingerprint density at radius 3 is 2.66 bits per heavy atom. The molecule has 0 aromatic rings. The molecule has 2 N–H and O–H groups in total. The average molecular weight is 401 g/mol. The first-order valence-corrected chi connectivity index (χ1v) is 12.4. The minimum atomic E-state index is -0.128. The van der Waals surface area contributed by atoms with E-state index >= 15 is 0 Å². The molecule has 3 saturated carbocycles. The van der Waals surface area contributed by atoms with Gasteiger partial charge in [-0.25, -0.2) is 0 Å². The lowest BCUT2D eigenvalue weighted by Crippen LogP contribution is -2.51. The largest absolute Gasteiger partial charge is 0.393 e. The molecule has 4 aliphatic carbocycles. The topological polar surface area (TPSA) is 40.5 Å². The quantitative estimate of drug-likeness (QED) is 0.545. The molecule has 4 rings (SSSR count). The summed E-state index contributed by atoms with van der Waals surface area (Å²) in [5.41, 5.74) is 3.54. The third-order valence-corrected chi connectivity index (χ3v) is 9.97. The Balaban J connectivity index is 1.55. The summed E-state index contributed by atoms with van der Waals surface area (Å²) in [6, 6.07) is 0. The first-order valence-electron chi connectivity index (χ1n) is 12.4. The fourth-order valence-corrected chi connectivity index (χ4v) is 8.54. The molecule has 0 spiro atoms. The van der Waals surface area contributed by atoms with Crippen molar-refractivity contribution in [1.82, 2.24) is 0 Å². The van der Waals surface area contributed by atoms with Crippen LogP contribution < -0.4 is 0 Å². The summed E-state index contributed by atoms with van der Waals surface area (Å²) >= 11 is 0. The maximum atomic E-state index is 11.2. The van der Waals surface area contributed by atoms with Gasteiger partial charge < -0.3 is 10.2 Å². The second kappa shape index (κ2) is 7.83. The van der Waals surface area contributed by atoms with Crippen molar-refractivity contribution in [2.24, 2.45) is 40.4 Å². The highest BCUT2D eigenvalue weighted by Crippen LogP contribution is 2.67. The van der Waals surface area contributed by atoms with Crippen molar-refractivity contribution in [3.05, 3.63) is 23.3 Å². The van der Waals surface area contributed by atoms with Crippen molar-refractivity contribution >= 4 is 0 Å². The molecule has 2 heteroatoms. The van der Waals surface area contributed by atoms with E-state index in [2.05, 4.69) is 46.8 Å². The number of aliphatic hydroxyl groups is 2. The van der Waals surface area contributed by atoms with Crippen molar-refractivity contribution in [1.29, 1.82) is 0 Å². The molecule has 0 amide bonds. The van der Waals surface area contributed by atoms with Crippen LogP contribution in [0.1, 0.15) is 92.4 Å². The van der Waals surface area contributed by atoms with Gasteiger partial charge in [-0.3, -0.25) is 0 Å². The number of allylic oxidation sites excluding steroid dienone is 3. The van der Waals surface area contributed by atoms with Crippen LogP contribution >= 0.6 is 0 Å². The van der Waals surface area contributed by atoms with Crippen LogP contribution in [0.15, 0.2) is 23.3 Å². The zero-order chi connectivity index (χ0) is 21.0. The summed E-state index contributed by atoms with van der Waals surface area (Å²) in [5.74, 6) is 3.17.